The lowest BCUT2D eigenvalue weighted by Crippen LogP contribution is -2.26. The average Bonchev–Trinajstić information content (AvgIpc) is 2.76. The molecule has 0 radical (unpaired) electrons. The van der Waals surface area contributed by atoms with Crippen LogP contribution >= 0.6 is 0 Å². The van der Waals surface area contributed by atoms with E-state index in [1.165, 1.54) is 19.4 Å². The first kappa shape index (κ1) is 8.56. The summed E-state index contributed by atoms with van der Waals surface area (Å²) in [6.07, 6.45) is 6.24. The van der Waals surface area contributed by atoms with E-state index in [4.69, 9.17) is 0 Å². The van der Waals surface area contributed by atoms with Gasteiger partial charge in [0.05, 0.1) is 0 Å². The Kier molecular flexibility index (Phi) is 1.92. The Labute approximate surface area is 86.0 Å². The van der Waals surface area contributed by atoms with Crippen LogP contribution in [0, 0.1) is 29.6 Å². The van der Waals surface area contributed by atoms with Crippen LogP contribution in [0.2, 0.25) is 0 Å². The number of hydrogen-bond donors (Lipinski definition) is 1. The zero-order valence-corrected chi connectivity index (χ0v) is 8.72. The summed E-state index contributed by atoms with van der Waals surface area (Å²) in [7, 11) is 0. The van der Waals surface area contributed by atoms with Crippen molar-refractivity contribution < 1.29 is 0 Å². The minimum Gasteiger partial charge on any atom is -0.310 e. The molecule has 1 heterocycles. The van der Waals surface area contributed by atoms with Crippen molar-refractivity contribution in [3.8, 4) is 11.8 Å². The Balaban J connectivity index is 1.81. The van der Waals surface area contributed by atoms with Crippen LogP contribution in [0.15, 0.2) is 11.6 Å². The first-order chi connectivity index (χ1) is 6.90. The van der Waals surface area contributed by atoms with Gasteiger partial charge in [-0.3, -0.25) is 0 Å². The van der Waals surface area contributed by atoms with Crippen molar-refractivity contribution in [2.45, 2.75) is 32.2 Å². The van der Waals surface area contributed by atoms with Gasteiger partial charge in [-0.15, -0.1) is 5.92 Å². The quantitative estimate of drug-likeness (QED) is 0.489. The highest BCUT2D eigenvalue weighted by Gasteiger charge is 2.52. The standard InChI is InChI=1S/C13H17N/c1-2-3-4-5-11-9-6-10-8-14-13(11)12(10)7-9/h5,9-10,12-14H,4,6-8H2,1H3/b11-5-. The zero-order valence-electron chi connectivity index (χ0n) is 8.72. The molecule has 0 aromatic rings. The fourth-order valence-electron chi connectivity index (χ4n) is 3.69. The molecule has 0 amide bonds. The maximum absolute atomic E-state index is 3.67. The number of rotatable bonds is 1. The molecule has 4 unspecified atom stereocenters. The molecule has 3 rings (SSSR count). The molecule has 2 bridgehead atoms. The summed E-state index contributed by atoms with van der Waals surface area (Å²) in [5, 5.41) is 3.67. The summed E-state index contributed by atoms with van der Waals surface area (Å²) < 4.78 is 0. The molecule has 2 saturated carbocycles. The summed E-state index contributed by atoms with van der Waals surface area (Å²) >= 11 is 0. The average molecular weight is 187 g/mol. The van der Waals surface area contributed by atoms with Crippen LogP contribution in [0.4, 0.5) is 0 Å². The van der Waals surface area contributed by atoms with Crippen LogP contribution in [0.25, 0.3) is 0 Å². The van der Waals surface area contributed by atoms with E-state index in [0.29, 0.717) is 0 Å². The monoisotopic (exact) mass is 187 g/mol. The largest absolute Gasteiger partial charge is 0.310 e. The maximum atomic E-state index is 3.67. The second kappa shape index (κ2) is 3.14. The van der Waals surface area contributed by atoms with Gasteiger partial charge in [0.1, 0.15) is 0 Å². The molecule has 1 saturated heterocycles. The SMILES string of the molecule is CC#CC/C=C1/C2CC3CNC1C3C2. The molecular formula is C13H17N. The lowest BCUT2D eigenvalue weighted by molar-refractivity contribution is 0.439. The summed E-state index contributed by atoms with van der Waals surface area (Å²) in [4.78, 5) is 0. The molecule has 0 spiro atoms. The van der Waals surface area contributed by atoms with Gasteiger partial charge in [0.2, 0.25) is 0 Å². The summed E-state index contributed by atoms with van der Waals surface area (Å²) in [5.41, 5.74) is 1.69. The van der Waals surface area contributed by atoms with E-state index in [0.717, 1.165) is 30.2 Å². The van der Waals surface area contributed by atoms with Crippen molar-refractivity contribution >= 4 is 0 Å². The lowest BCUT2D eigenvalue weighted by atomic mass is 9.86. The molecule has 3 aliphatic rings. The van der Waals surface area contributed by atoms with Crippen molar-refractivity contribution in [1.82, 2.24) is 5.32 Å². The molecule has 1 aliphatic heterocycles. The second-order valence-electron chi connectivity index (χ2n) is 4.81. The van der Waals surface area contributed by atoms with E-state index in [1.807, 2.05) is 6.92 Å². The Morgan fingerprint density at radius 3 is 3.29 bits per heavy atom. The molecule has 4 atom stereocenters. The number of nitrogens with one attached hydrogen (secondary N) is 1. The van der Waals surface area contributed by atoms with Gasteiger partial charge < -0.3 is 5.32 Å². The topological polar surface area (TPSA) is 12.0 Å². The third-order valence-electron chi connectivity index (χ3n) is 4.22. The van der Waals surface area contributed by atoms with Gasteiger partial charge in [-0.2, -0.15) is 0 Å². The van der Waals surface area contributed by atoms with E-state index in [-0.39, 0.29) is 0 Å². The maximum Gasteiger partial charge on any atom is 0.0314 e. The molecule has 0 aromatic heterocycles. The van der Waals surface area contributed by atoms with E-state index in [2.05, 4.69) is 23.2 Å². The molecule has 3 fully saturated rings. The predicted molar refractivity (Wildman–Crippen MR) is 57.6 cm³/mol. The lowest BCUT2D eigenvalue weighted by Gasteiger charge is -2.20. The third kappa shape index (κ3) is 1.07. The van der Waals surface area contributed by atoms with Gasteiger partial charge in [-0.25, -0.2) is 0 Å². The van der Waals surface area contributed by atoms with Gasteiger partial charge in [-0.1, -0.05) is 17.6 Å². The van der Waals surface area contributed by atoms with Crippen molar-refractivity contribution in [2.75, 3.05) is 6.54 Å². The normalized spacial score (nSPS) is 45.6. The van der Waals surface area contributed by atoms with Crippen molar-refractivity contribution in [2.24, 2.45) is 17.8 Å². The van der Waals surface area contributed by atoms with Crippen LogP contribution in [0.5, 0.6) is 0 Å². The predicted octanol–water partition coefficient (Wildman–Crippen LogP) is 1.95. The van der Waals surface area contributed by atoms with Gasteiger partial charge in [0, 0.05) is 12.5 Å². The Morgan fingerprint density at radius 1 is 1.50 bits per heavy atom. The van der Waals surface area contributed by atoms with Crippen LogP contribution in [-0.2, 0) is 0 Å². The molecule has 74 valence electrons. The summed E-state index contributed by atoms with van der Waals surface area (Å²) in [5.74, 6) is 8.98. The smallest absolute Gasteiger partial charge is 0.0314 e. The second-order valence-corrected chi connectivity index (χ2v) is 4.81. The van der Waals surface area contributed by atoms with Crippen molar-refractivity contribution in [1.29, 1.82) is 0 Å². The molecule has 1 heteroatoms. The fraction of sp³-hybridized carbons (Fsp3) is 0.692. The van der Waals surface area contributed by atoms with E-state index in [9.17, 15) is 0 Å². The minimum atomic E-state index is 0.734. The highest BCUT2D eigenvalue weighted by Crippen LogP contribution is 2.54. The molecule has 1 nitrogen and oxygen atoms in total. The van der Waals surface area contributed by atoms with Crippen LogP contribution < -0.4 is 5.32 Å². The molecule has 1 N–H and O–H groups in total. The van der Waals surface area contributed by atoms with Gasteiger partial charge in [-0.05, 0) is 44.1 Å². The third-order valence-corrected chi connectivity index (χ3v) is 4.22. The summed E-state index contributed by atoms with van der Waals surface area (Å²) in [6, 6.07) is 0.734. The molecule has 14 heavy (non-hydrogen) atoms. The molecule has 0 aromatic carbocycles. The van der Waals surface area contributed by atoms with E-state index < -0.39 is 0 Å². The van der Waals surface area contributed by atoms with Crippen LogP contribution in [0.3, 0.4) is 0 Å². The highest BCUT2D eigenvalue weighted by atomic mass is 15.0. The molecule has 2 aliphatic carbocycles. The van der Waals surface area contributed by atoms with Crippen LogP contribution in [0.1, 0.15) is 26.2 Å². The highest BCUT2D eigenvalue weighted by molar-refractivity contribution is 5.30. The number of fused-ring (bicyclic) bond motifs is 1. The van der Waals surface area contributed by atoms with Gasteiger partial charge in [0.15, 0.2) is 0 Å². The first-order valence-electron chi connectivity index (χ1n) is 5.73. The van der Waals surface area contributed by atoms with E-state index >= 15 is 0 Å². The van der Waals surface area contributed by atoms with Gasteiger partial charge in [0.25, 0.3) is 0 Å². The first-order valence-corrected chi connectivity index (χ1v) is 5.73. The number of allylic oxidation sites excluding steroid dienone is 1. The Bertz CT molecular complexity index is 329. The zero-order chi connectivity index (χ0) is 9.54. The Morgan fingerprint density at radius 2 is 2.43 bits per heavy atom. The van der Waals surface area contributed by atoms with E-state index in [1.54, 1.807) is 5.57 Å². The van der Waals surface area contributed by atoms with Gasteiger partial charge >= 0.3 is 0 Å². The van der Waals surface area contributed by atoms with Crippen molar-refractivity contribution in [3.05, 3.63) is 11.6 Å². The minimum absolute atomic E-state index is 0.734. The number of hydrogen-bond acceptors (Lipinski definition) is 1. The fourth-order valence-corrected chi connectivity index (χ4v) is 3.69. The Hall–Kier alpha value is -0.740. The summed E-state index contributed by atoms with van der Waals surface area (Å²) in [6.45, 7) is 3.19. The van der Waals surface area contributed by atoms with Crippen LogP contribution in [-0.4, -0.2) is 12.6 Å². The molecular weight excluding hydrogens is 170 g/mol. The van der Waals surface area contributed by atoms with Crippen molar-refractivity contribution in [3.63, 3.8) is 0 Å².